The molecule has 0 spiro atoms. The van der Waals surface area contributed by atoms with Gasteiger partial charge in [0.2, 0.25) is 11.8 Å². The number of benzene rings is 2. The molecule has 0 aliphatic heterocycles. The Balaban J connectivity index is 1.86. The number of ether oxygens (including phenoxy) is 1. The van der Waals surface area contributed by atoms with Crippen molar-refractivity contribution in [2.75, 3.05) is 32.6 Å². The van der Waals surface area contributed by atoms with Crippen LogP contribution in [0.4, 0.5) is 5.69 Å². The molecule has 0 aliphatic rings. The van der Waals surface area contributed by atoms with E-state index in [1.54, 1.807) is 31.4 Å². The number of aliphatic carboxylic acids is 1. The average molecular weight is 425 g/mol. The van der Waals surface area contributed by atoms with Crippen molar-refractivity contribution in [2.24, 2.45) is 0 Å². The van der Waals surface area contributed by atoms with Crippen LogP contribution < -0.4 is 15.4 Å². The third-order valence-corrected chi connectivity index (χ3v) is 4.10. The second-order valence-electron chi connectivity index (χ2n) is 6.51. The number of hydrogen-bond acceptors (Lipinski definition) is 5. The second kappa shape index (κ2) is 11.1. The summed E-state index contributed by atoms with van der Waals surface area (Å²) in [5, 5.41) is 13.5. The van der Waals surface area contributed by atoms with Crippen molar-refractivity contribution in [3.05, 3.63) is 65.7 Å². The molecule has 3 N–H and O–H groups in total. The van der Waals surface area contributed by atoms with Gasteiger partial charge in [-0.05, 0) is 48.0 Å². The first-order chi connectivity index (χ1) is 14.8. The molecule has 0 saturated carbocycles. The summed E-state index contributed by atoms with van der Waals surface area (Å²) < 4.78 is 5.13. The lowest BCUT2D eigenvalue weighted by atomic mass is 10.2. The molecule has 0 fully saturated rings. The predicted molar refractivity (Wildman–Crippen MR) is 115 cm³/mol. The van der Waals surface area contributed by atoms with Gasteiger partial charge in [0.05, 0.1) is 13.7 Å². The number of amides is 3. The second-order valence-corrected chi connectivity index (χ2v) is 6.51. The fraction of sp³-hybridized carbons (Fsp3) is 0.182. The topological polar surface area (TPSA) is 125 Å². The molecule has 2 aromatic rings. The number of nitrogens with one attached hydrogen (secondary N) is 2. The van der Waals surface area contributed by atoms with E-state index in [0.717, 1.165) is 5.56 Å². The number of methoxy groups -OCH3 is 1. The molecule has 0 atom stereocenters. The van der Waals surface area contributed by atoms with Crippen LogP contribution in [0, 0.1) is 0 Å². The van der Waals surface area contributed by atoms with Gasteiger partial charge >= 0.3 is 5.97 Å². The molecule has 0 unspecified atom stereocenters. The van der Waals surface area contributed by atoms with Gasteiger partial charge in [0.1, 0.15) is 12.3 Å². The highest BCUT2D eigenvalue weighted by Gasteiger charge is 2.12. The Hall–Kier alpha value is -4.14. The number of likely N-dealkylation sites (N-methyl/N-ethyl adjacent to an activating group) is 1. The highest BCUT2D eigenvalue weighted by Crippen LogP contribution is 2.14. The predicted octanol–water partition coefficient (Wildman–Crippen LogP) is 1.62. The molecule has 162 valence electrons. The van der Waals surface area contributed by atoms with Crippen LogP contribution in [-0.4, -0.2) is 60.9 Å². The summed E-state index contributed by atoms with van der Waals surface area (Å²) in [5.41, 5.74) is 1.49. The maximum atomic E-state index is 12.2. The first kappa shape index (κ1) is 23.1. The molecular formula is C22H23N3O6. The lowest BCUT2D eigenvalue weighted by Crippen LogP contribution is -2.33. The average Bonchev–Trinajstić information content (AvgIpc) is 2.76. The first-order valence-electron chi connectivity index (χ1n) is 9.25. The first-order valence-corrected chi connectivity index (χ1v) is 9.25. The molecule has 0 heterocycles. The third-order valence-electron chi connectivity index (χ3n) is 4.10. The molecule has 0 aromatic heterocycles. The van der Waals surface area contributed by atoms with E-state index >= 15 is 0 Å². The molecule has 2 rings (SSSR count). The zero-order valence-corrected chi connectivity index (χ0v) is 17.1. The number of carbonyl (C=O) groups excluding carboxylic acids is 3. The van der Waals surface area contributed by atoms with Crippen LogP contribution >= 0.6 is 0 Å². The minimum absolute atomic E-state index is 0.165. The van der Waals surface area contributed by atoms with Crippen LogP contribution in [0.15, 0.2) is 54.6 Å². The van der Waals surface area contributed by atoms with E-state index in [4.69, 9.17) is 9.84 Å². The number of hydrogen-bond donors (Lipinski definition) is 3. The lowest BCUT2D eigenvalue weighted by molar-refractivity contribution is -0.135. The summed E-state index contributed by atoms with van der Waals surface area (Å²) in [6, 6.07) is 13.1. The SMILES string of the molecule is COc1cccc(/C=C/C(=O)N(C)CC(=O)Nc2ccc(C(=O)NCC(=O)O)cc2)c1. The van der Waals surface area contributed by atoms with Crippen molar-refractivity contribution in [2.45, 2.75) is 0 Å². The van der Waals surface area contributed by atoms with Gasteiger partial charge in [-0.3, -0.25) is 19.2 Å². The molecule has 0 radical (unpaired) electrons. The Labute approximate surface area is 179 Å². The smallest absolute Gasteiger partial charge is 0.322 e. The number of carbonyl (C=O) groups is 4. The third kappa shape index (κ3) is 7.65. The zero-order chi connectivity index (χ0) is 22.8. The van der Waals surface area contributed by atoms with Crippen molar-refractivity contribution in [1.82, 2.24) is 10.2 Å². The van der Waals surface area contributed by atoms with E-state index in [2.05, 4.69) is 10.6 Å². The van der Waals surface area contributed by atoms with Gasteiger partial charge in [0.15, 0.2) is 0 Å². The van der Waals surface area contributed by atoms with Gasteiger partial charge in [-0.2, -0.15) is 0 Å². The van der Waals surface area contributed by atoms with Crippen molar-refractivity contribution in [3.63, 3.8) is 0 Å². The van der Waals surface area contributed by atoms with Crippen LogP contribution in [-0.2, 0) is 14.4 Å². The summed E-state index contributed by atoms with van der Waals surface area (Å²) in [5.74, 6) is -1.76. The fourth-order valence-corrected chi connectivity index (χ4v) is 2.50. The maximum absolute atomic E-state index is 12.2. The Morgan fingerprint density at radius 3 is 2.45 bits per heavy atom. The van der Waals surface area contributed by atoms with E-state index in [-0.39, 0.29) is 18.0 Å². The van der Waals surface area contributed by atoms with Gasteiger partial charge in [-0.1, -0.05) is 12.1 Å². The summed E-state index contributed by atoms with van der Waals surface area (Å²) >= 11 is 0. The van der Waals surface area contributed by atoms with Gasteiger partial charge < -0.3 is 25.4 Å². The van der Waals surface area contributed by atoms with Crippen molar-refractivity contribution in [1.29, 1.82) is 0 Å². The number of carboxylic acid groups (broad SMARTS) is 1. The van der Waals surface area contributed by atoms with E-state index in [9.17, 15) is 19.2 Å². The number of anilines is 1. The monoisotopic (exact) mass is 425 g/mol. The molecule has 9 heteroatoms. The molecule has 31 heavy (non-hydrogen) atoms. The lowest BCUT2D eigenvalue weighted by Gasteiger charge is -2.15. The van der Waals surface area contributed by atoms with Gasteiger partial charge in [-0.15, -0.1) is 0 Å². The summed E-state index contributed by atoms with van der Waals surface area (Å²) in [6.07, 6.45) is 3.00. The Kier molecular flexibility index (Phi) is 8.32. The highest BCUT2D eigenvalue weighted by molar-refractivity contribution is 5.99. The van der Waals surface area contributed by atoms with E-state index in [0.29, 0.717) is 11.4 Å². The zero-order valence-electron chi connectivity index (χ0n) is 17.1. The van der Waals surface area contributed by atoms with Crippen molar-refractivity contribution < 1.29 is 29.0 Å². The quantitative estimate of drug-likeness (QED) is 0.525. The molecule has 2 aromatic carbocycles. The molecule has 3 amide bonds. The molecule has 0 saturated heterocycles. The molecular weight excluding hydrogens is 402 g/mol. The Morgan fingerprint density at radius 1 is 1.10 bits per heavy atom. The van der Waals surface area contributed by atoms with Crippen LogP contribution in [0.2, 0.25) is 0 Å². The van der Waals surface area contributed by atoms with E-state index in [1.165, 1.54) is 42.3 Å². The van der Waals surface area contributed by atoms with Crippen LogP contribution in [0.5, 0.6) is 5.75 Å². The van der Waals surface area contributed by atoms with Crippen LogP contribution in [0.3, 0.4) is 0 Å². The fourth-order valence-electron chi connectivity index (χ4n) is 2.50. The molecule has 0 bridgehead atoms. The number of carboxylic acids is 1. The maximum Gasteiger partial charge on any atom is 0.322 e. The summed E-state index contributed by atoms with van der Waals surface area (Å²) in [6.45, 7) is -0.647. The normalized spacial score (nSPS) is 10.4. The number of nitrogens with zero attached hydrogens (tertiary/aromatic N) is 1. The molecule has 9 nitrogen and oxygen atoms in total. The minimum Gasteiger partial charge on any atom is -0.497 e. The highest BCUT2D eigenvalue weighted by atomic mass is 16.5. The summed E-state index contributed by atoms with van der Waals surface area (Å²) in [7, 11) is 3.07. The van der Waals surface area contributed by atoms with E-state index < -0.39 is 24.3 Å². The van der Waals surface area contributed by atoms with Gasteiger partial charge in [0, 0.05) is 24.4 Å². The Bertz CT molecular complexity index is 985. The van der Waals surface area contributed by atoms with Crippen LogP contribution in [0.1, 0.15) is 15.9 Å². The van der Waals surface area contributed by atoms with Crippen LogP contribution in [0.25, 0.3) is 6.08 Å². The summed E-state index contributed by atoms with van der Waals surface area (Å²) in [4.78, 5) is 48.0. The minimum atomic E-state index is -1.14. The standard InChI is InChI=1S/C22H23N3O6/c1-25(20(27)11-6-15-4-3-5-18(12-15)31-2)14-19(26)24-17-9-7-16(8-10-17)22(30)23-13-21(28)29/h3-12H,13-14H2,1-2H3,(H,23,30)(H,24,26)(H,28,29)/b11-6+. The van der Waals surface area contributed by atoms with Gasteiger partial charge in [-0.25, -0.2) is 0 Å². The van der Waals surface area contributed by atoms with E-state index in [1.807, 2.05) is 6.07 Å². The Morgan fingerprint density at radius 2 is 1.81 bits per heavy atom. The van der Waals surface area contributed by atoms with Gasteiger partial charge in [0.25, 0.3) is 5.91 Å². The largest absolute Gasteiger partial charge is 0.497 e. The van der Waals surface area contributed by atoms with Crippen molar-refractivity contribution >= 4 is 35.5 Å². The number of rotatable bonds is 9. The van der Waals surface area contributed by atoms with Crippen molar-refractivity contribution in [3.8, 4) is 5.75 Å². The molecule has 0 aliphatic carbocycles.